The Bertz CT molecular complexity index is 599. The molecular formula is C13H9ClF3NO. The van der Waals surface area contributed by atoms with Crippen LogP contribution in [0.25, 0.3) is 11.3 Å². The van der Waals surface area contributed by atoms with Crippen molar-refractivity contribution in [1.29, 1.82) is 0 Å². The second-order valence-electron chi connectivity index (χ2n) is 3.85. The molecule has 2 aromatic rings. The van der Waals surface area contributed by atoms with Gasteiger partial charge < -0.3 is 4.74 Å². The fourth-order valence-electron chi connectivity index (χ4n) is 1.59. The standard InChI is InChI=1S/C13H9ClF3NO/c1-8-3-2-4-12(18-8)10-7-9(5-6-11(10)14)19-13(15,16)17/h2-7H,1H3. The zero-order chi connectivity index (χ0) is 14.0. The highest BCUT2D eigenvalue weighted by molar-refractivity contribution is 6.33. The summed E-state index contributed by atoms with van der Waals surface area (Å²) in [5, 5.41) is 0.313. The zero-order valence-corrected chi connectivity index (χ0v) is 10.6. The first-order chi connectivity index (χ1) is 8.85. The minimum atomic E-state index is -4.73. The van der Waals surface area contributed by atoms with Crippen molar-refractivity contribution >= 4 is 11.6 Å². The lowest BCUT2D eigenvalue weighted by Crippen LogP contribution is -2.17. The van der Waals surface area contributed by atoms with Gasteiger partial charge in [0.1, 0.15) is 5.75 Å². The Labute approximate surface area is 112 Å². The largest absolute Gasteiger partial charge is 0.573 e. The van der Waals surface area contributed by atoms with Gasteiger partial charge in [0.15, 0.2) is 0 Å². The SMILES string of the molecule is Cc1cccc(-c2cc(OC(F)(F)F)ccc2Cl)n1. The van der Waals surface area contributed by atoms with E-state index >= 15 is 0 Å². The number of aromatic nitrogens is 1. The van der Waals surface area contributed by atoms with Gasteiger partial charge in [0.25, 0.3) is 0 Å². The molecule has 0 aliphatic heterocycles. The maximum Gasteiger partial charge on any atom is 0.573 e. The minimum absolute atomic E-state index is 0.313. The summed E-state index contributed by atoms with van der Waals surface area (Å²) in [6.07, 6.45) is -4.73. The van der Waals surface area contributed by atoms with E-state index in [1.165, 1.54) is 12.1 Å². The molecule has 0 spiro atoms. The van der Waals surface area contributed by atoms with Crippen LogP contribution in [0.4, 0.5) is 13.2 Å². The van der Waals surface area contributed by atoms with Crippen LogP contribution in [0.15, 0.2) is 36.4 Å². The number of aryl methyl sites for hydroxylation is 1. The molecule has 0 bridgehead atoms. The van der Waals surface area contributed by atoms with Crippen molar-refractivity contribution in [3.05, 3.63) is 47.1 Å². The Hall–Kier alpha value is -1.75. The number of nitrogens with zero attached hydrogens (tertiary/aromatic N) is 1. The number of rotatable bonds is 2. The molecular weight excluding hydrogens is 279 g/mol. The van der Waals surface area contributed by atoms with E-state index in [1.54, 1.807) is 25.1 Å². The predicted octanol–water partition coefficient (Wildman–Crippen LogP) is 4.61. The van der Waals surface area contributed by atoms with Gasteiger partial charge in [-0.3, -0.25) is 4.98 Å². The Balaban J connectivity index is 2.43. The van der Waals surface area contributed by atoms with E-state index in [9.17, 15) is 13.2 Å². The summed E-state index contributed by atoms with van der Waals surface area (Å²) in [7, 11) is 0. The van der Waals surface area contributed by atoms with Gasteiger partial charge in [0.05, 0.1) is 10.7 Å². The zero-order valence-electron chi connectivity index (χ0n) is 9.83. The first-order valence-electron chi connectivity index (χ1n) is 5.34. The molecule has 2 rings (SSSR count). The van der Waals surface area contributed by atoms with Crippen molar-refractivity contribution in [2.75, 3.05) is 0 Å². The monoisotopic (exact) mass is 287 g/mol. The van der Waals surface area contributed by atoms with E-state index in [0.29, 0.717) is 16.3 Å². The van der Waals surface area contributed by atoms with Crippen LogP contribution in [0.5, 0.6) is 5.75 Å². The average Bonchev–Trinajstić information content (AvgIpc) is 2.30. The van der Waals surface area contributed by atoms with Crippen molar-refractivity contribution in [2.24, 2.45) is 0 Å². The van der Waals surface area contributed by atoms with E-state index in [4.69, 9.17) is 11.6 Å². The lowest BCUT2D eigenvalue weighted by molar-refractivity contribution is -0.274. The highest BCUT2D eigenvalue weighted by atomic mass is 35.5. The Kier molecular flexibility index (Phi) is 3.66. The van der Waals surface area contributed by atoms with E-state index in [0.717, 1.165) is 11.8 Å². The van der Waals surface area contributed by atoms with Crippen LogP contribution < -0.4 is 4.74 Å². The number of halogens is 4. The van der Waals surface area contributed by atoms with Crippen LogP contribution in [0.2, 0.25) is 5.02 Å². The van der Waals surface area contributed by atoms with Crippen LogP contribution >= 0.6 is 11.6 Å². The van der Waals surface area contributed by atoms with Crippen molar-refractivity contribution < 1.29 is 17.9 Å². The third-order valence-corrected chi connectivity index (χ3v) is 2.67. The molecule has 1 aromatic carbocycles. The van der Waals surface area contributed by atoms with E-state index in [2.05, 4.69) is 9.72 Å². The second kappa shape index (κ2) is 5.09. The van der Waals surface area contributed by atoms with Gasteiger partial charge in [0, 0.05) is 11.3 Å². The van der Waals surface area contributed by atoms with E-state index in [1.807, 2.05) is 0 Å². The van der Waals surface area contributed by atoms with Gasteiger partial charge >= 0.3 is 6.36 Å². The topological polar surface area (TPSA) is 22.1 Å². The van der Waals surface area contributed by atoms with Crippen LogP contribution in [-0.4, -0.2) is 11.3 Å². The van der Waals surface area contributed by atoms with Crippen LogP contribution in [0, 0.1) is 6.92 Å². The summed E-state index contributed by atoms with van der Waals surface area (Å²) in [6, 6.07) is 8.94. The molecule has 6 heteroatoms. The predicted molar refractivity (Wildman–Crippen MR) is 66.1 cm³/mol. The van der Waals surface area contributed by atoms with Gasteiger partial charge in [-0.15, -0.1) is 13.2 Å². The quantitative estimate of drug-likeness (QED) is 0.805. The molecule has 0 saturated heterocycles. The molecule has 2 nitrogen and oxygen atoms in total. The summed E-state index contributed by atoms with van der Waals surface area (Å²) >= 11 is 5.98. The number of hydrogen-bond acceptors (Lipinski definition) is 2. The smallest absolute Gasteiger partial charge is 0.406 e. The fraction of sp³-hybridized carbons (Fsp3) is 0.154. The van der Waals surface area contributed by atoms with E-state index in [-0.39, 0.29) is 5.75 Å². The number of alkyl halides is 3. The maximum absolute atomic E-state index is 12.2. The molecule has 100 valence electrons. The molecule has 19 heavy (non-hydrogen) atoms. The summed E-state index contributed by atoms with van der Waals surface area (Å²) in [6.45, 7) is 1.79. The van der Waals surface area contributed by atoms with Crippen LogP contribution in [0.3, 0.4) is 0 Å². The third-order valence-electron chi connectivity index (χ3n) is 2.34. The molecule has 1 heterocycles. The lowest BCUT2D eigenvalue weighted by Gasteiger charge is -2.11. The third kappa shape index (κ3) is 3.61. The molecule has 0 aliphatic carbocycles. The molecule has 0 amide bonds. The van der Waals surface area contributed by atoms with Gasteiger partial charge in [-0.1, -0.05) is 17.7 Å². The number of hydrogen-bond donors (Lipinski definition) is 0. The Morgan fingerprint density at radius 2 is 1.89 bits per heavy atom. The van der Waals surface area contributed by atoms with Gasteiger partial charge in [-0.05, 0) is 37.3 Å². The van der Waals surface area contributed by atoms with Gasteiger partial charge in [-0.2, -0.15) is 0 Å². The highest BCUT2D eigenvalue weighted by Crippen LogP contribution is 2.32. The van der Waals surface area contributed by atoms with Gasteiger partial charge in [0.2, 0.25) is 0 Å². The molecule has 0 atom stereocenters. The van der Waals surface area contributed by atoms with Crippen molar-refractivity contribution in [3.63, 3.8) is 0 Å². The Morgan fingerprint density at radius 3 is 2.53 bits per heavy atom. The number of benzene rings is 1. The van der Waals surface area contributed by atoms with E-state index < -0.39 is 6.36 Å². The van der Waals surface area contributed by atoms with Crippen LogP contribution in [-0.2, 0) is 0 Å². The maximum atomic E-state index is 12.2. The molecule has 0 fully saturated rings. The molecule has 0 unspecified atom stereocenters. The van der Waals surface area contributed by atoms with Gasteiger partial charge in [-0.25, -0.2) is 0 Å². The van der Waals surface area contributed by atoms with Crippen molar-refractivity contribution in [2.45, 2.75) is 13.3 Å². The summed E-state index contributed by atoms with van der Waals surface area (Å²) in [4.78, 5) is 4.22. The summed E-state index contributed by atoms with van der Waals surface area (Å²) < 4.78 is 40.4. The first-order valence-corrected chi connectivity index (χ1v) is 5.72. The fourth-order valence-corrected chi connectivity index (χ4v) is 1.81. The van der Waals surface area contributed by atoms with Crippen molar-refractivity contribution in [1.82, 2.24) is 4.98 Å². The number of ether oxygens (including phenoxy) is 1. The van der Waals surface area contributed by atoms with Crippen LogP contribution in [0.1, 0.15) is 5.69 Å². The second-order valence-corrected chi connectivity index (χ2v) is 4.26. The lowest BCUT2D eigenvalue weighted by atomic mass is 10.1. The average molecular weight is 288 g/mol. The molecule has 0 saturated carbocycles. The molecule has 0 aliphatic rings. The Morgan fingerprint density at radius 1 is 1.16 bits per heavy atom. The first kappa shape index (κ1) is 13.7. The number of pyridine rings is 1. The highest BCUT2D eigenvalue weighted by Gasteiger charge is 2.31. The molecule has 0 N–H and O–H groups in total. The minimum Gasteiger partial charge on any atom is -0.406 e. The summed E-state index contributed by atoms with van der Waals surface area (Å²) in [5.41, 5.74) is 1.64. The molecule has 0 radical (unpaired) electrons. The molecule has 1 aromatic heterocycles. The summed E-state index contributed by atoms with van der Waals surface area (Å²) in [5.74, 6) is -0.324. The van der Waals surface area contributed by atoms with Crippen molar-refractivity contribution in [3.8, 4) is 17.0 Å². The normalized spacial score (nSPS) is 11.4.